The number of benzene rings is 1. The van der Waals surface area contributed by atoms with Crippen molar-refractivity contribution in [3.05, 3.63) is 71.0 Å². The number of aromatic nitrogens is 3. The predicted molar refractivity (Wildman–Crippen MR) is 108 cm³/mol. The first kappa shape index (κ1) is 17.5. The Balaban J connectivity index is 1.98. The van der Waals surface area contributed by atoms with Gasteiger partial charge in [-0.1, -0.05) is 18.2 Å². The van der Waals surface area contributed by atoms with Crippen LogP contribution in [0.25, 0.3) is 16.7 Å². The molecular formula is C22H18N6. The summed E-state index contributed by atoms with van der Waals surface area (Å²) in [5, 5.41) is 22.4. The van der Waals surface area contributed by atoms with Crippen LogP contribution in [0, 0.1) is 29.6 Å². The molecule has 0 atom stereocenters. The molecule has 0 bridgehead atoms. The number of hydrogen-bond acceptors (Lipinski definition) is 5. The van der Waals surface area contributed by atoms with Gasteiger partial charge in [0.05, 0.1) is 22.7 Å². The minimum atomic E-state index is 0.380. The number of nitrogens with one attached hydrogen (secondary N) is 1. The quantitative estimate of drug-likeness (QED) is 0.573. The van der Waals surface area contributed by atoms with Crippen molar-refractivity contribution in [2.24, 2.45) is 0 Å². The van der Waals surface area contributed by atoms with Crippen LogP contribution in [0.1, 0.15) is 28.7 Å². The van der Waals surface area contributed by atoms with Crippen molar-refractivity contribution in [2.75, 3.05) is 5.32 Å². The summed E-state index contributed by atoms with van der Waals surface area (Å²) in [6.07, 6.45) is 4.51. The van der Waals surface area contributed by atoms with E-state index in [1.165, 1.54) is 0 Å². The Hall–Kier alpha value is -3.90. The Kier molecular flexibility index (Phi) is 4.62. The van der Waals surface area contributed by atoms with Gasteiger partial charge in [0.25, 0.3) is 0 Å². The normalized spacial score (nSPS) is 10.7. The van der Waals surface area contributed by atoms with Crippen LogP contribution in [0.4, 0.5) is 5.82 Å². The van der Waals surface area contributed by atoms with Gasteiger partial charge in [0.2, 0.25) is 0 Å². The van der Waals surface area contributed by atoms with Crippen LogP contribution >= 0.6 is 0 Å². The van der Waals surface area contributed by atoms with Crippen molar-refractivity contribution in [3.8, 4) is 12.1 Å². The van der Waals surface area contributed by atoms with Gasteiger partial charge in [-0.05, 0) is 48.2 Å². The fourth-order valence-corrected chi connectivity index (χ4v) is 3.55. The van der Waals surface area contributed by atoms with E-state index >= 15 is 0 Å². The molecular weight excluding hydrogens is 348 g/mol. The molecule has 1 N–H and O–H groups in total. The molecule has 28 heavy (non-hydrogen) atoms. The number of nitriles is 2. The lowest BCUT2D eigenvalue weighted by atomic mass is 10.0. The SMILES string of the molecule is Cc1c(CCC#N)c(NCc2cccnc2)n2c(nc3ccccc32)c1C#N. The predicted octanol–water partition coefficient (Wildman–Crippen LogP) is 4.13. The van der Waals surface area contributed by atoms with Crippen molar-refractivity contribution in [1.82, 2.24) is 14.4 Å². The van der Waals surface area contributed by atoms with Crippen molar-refractivity contribution in [1.29, 1.82) is 10.5 Å². The van der Waals surface area contributed by atoms with Gasteiger partial charge in [-0.2, -0.15) is 10.5 Å². The van der Waals surface area contributed by atoms with Crippen LogP contribution in [-0.2, 0) is 13.0 Å². The summed E-state index contributed by atoms with van der Waals surface area (Å²) in [6.45, 7) is 2.51. The highest BCUT2D eigenvalue weighted by atomic mass is 15.1. The Morgan fingerprint density at radius 1 is 1.14 bits per heavy atom. The third-order valence-electron chi connectivity index (χ3n) is 4.90. The van der Waals surface area contributed by atoms with Crippen LogP contribution in [0.3, 0.4) is 0 Å². The van der Waals surface area contributed by atoms with Crippen molar-refractivity contribution in [3.63, 3.8) is 0 Å². The molecule has 136 valence electrons. The molecule has 0 radical (unpaired) electrons. The monoisotopic (exact) mass is 366 g/mol. The van der Waals surface area contributed by atoms with Gasteiger partial charge < -0.3 is 5.32 Å². The van der Waals surface area contributed by atoms with E-state index in [9.17, 15) is 5.26 Å². The van der Waals surface area contributed by atoms with Gasteiger partial charge in [-0.3, -0.25) is 9.38 Å². The molecule has 4 rings (SSSR count). The number of fused-ring (bicyclic) bond motifs is 3. The lowest BCUT2D eigenvalue weighted by Crippen LogP contribution is -2.11. The van der Waals surface area contributed by atoms with Gasteiger partial charge in [0, 0.05) is 25.4 Å². The maximum Gasteiger partial charge on any atom is 0.157 e. The van der Waals surface area contributed by atoms with Gasteiger partial charge in [0.15, 0.2) is 5.65 Å². The third kappa shape index (κ3) is 2.91. The maximum atomic E-state index is 9.79. The molecule has 0 amide bonds. The molecule has 1 aromatic carbocycles. The molecule has 0 saturated heterocycles. The van der Waals surface area contributed by atoms with E-state index < -0.39 is 0 Å². The Bertz CT molecular complexity index is 1240. The molecule has 0 spiro atoms. The fourth-order valence-electron chi connectivity index (χ4n) is 3.55. The van der Waals surface area contributed by atoms with E-state index in [0.717, 1.165) is 33.5 Å². The standard InChI is InChI=1S/C22H18N6/c1-15-17(7-4-10-23)21(26-14-16-6-5-11-25-13-16)28-20-9-3-2-8-19(20)27-22(28)18(15)12-24/h2-3,5-6,8-9,11,13,26H,4,7,14H2,1H3. The third-order valence-corrected chi connectivity index (χ3v) is 4.90. The summed E-state index contributed by atoms with van der Waals surface area (Å²) >= 11 is 0. The average molecular weight is 366 g/mol. The van der Waals surface area contributed by atoms with Crippen LogP contribution in [0.2, 0.25) is 0 Å². The van der Waals surface area contributed by atoms with Gasteiger partial charge in [-0.15, -0.1) is 0 Å². The zero-order valence-corrected chi connectivity index (χ0v) is 15.5. The summed E-state index contributed by atoms with van der Waals surface area (Å²) in [6, 6.07) is 16.3. The highest BCUT2D eigenvalue weighted by Crippen LogP contribution is 2.32. The molecule has 0 aliphatic heterocycles. The molecule has 4 aromatic rings. The van der Waals surface area contributed by atoms with Crippen LogP contribution in [0.5, 0.6) is 0 Å². The van der Waals surface area contributed by atoms with E-state index in [2.05, 4.69) is 22.4 Å². The van der Waals surface area contributed by atoms with E-state index in [-0.39, 0.29) is 0 Å². The topological polar surface area (TPSA) is 89.8 Å². The fraction of sp³-hybridized carbons (Fsp3) is 0.182. The molecule has 0 aliphatic rings. The van der Waals surface area contributed by atoms with Crippen molar-refractivity contribution < 1.29 is 0 Å². The molecule has 3 aromatic heterocycles. The number of nitrogens with zero attached hydrogens (tertiary/aromatic N) is 5. The second-order valence-electron chi connectivity index (χ2n) is 6.57. The van der Waals surface area contributed by atoms with Crippen molar-refractivity contribution in [2.45, 2.75) is 26.3 Å². The summed E-state index contributed by atoms with van der Waals surface area (Å²) < 4.78 is 2.00. The molecule has 6 heteroatoms. The maximum absolute atomic E-state index is 9.79. The summed E-state index contributed by atoms with van der Waals surface area (Å²) in [5.74, 6) is 0.874. The van der Waals surface area contributed by atoms with E-state index in [1.807, 2.05) is 53.9 Å². The first-order chi connectivity index (χ1) is 13.7. The van der Waals surface area contributed by atoms with Gasteiger partial charge in [-0.25, -0.2) is 4.98 Å². The highest BCUT2D eigenvalue weighted by Gasteiger charge is 2.20. The van der Waals surface area contributed by atoms with E-state index in [4.69, 9.17) is 10.2 Å². The molecule has 0 saturated carbocycles. The zero-order chi connectivity index (χ0) is 19.5. The lowest BCUT2D eigenvalue weighted by Gasteiger charge is -2.18. The number of hydrogen-bond donors (Lipinski definition) is 1. The Morgan fingerprint density at radius 3 is 2.75 bits per heavy atom. The average Bonchev–Trinajstić information content (AvgIpc) is 3.11. The second-order valence-corrected chi connectivity index (χ2v) is 6.57. The summed E-state index contributed by atoms with van der Waals surface area (Å²) in [4.78, 5) is 8.88. The number of imidazole rings is 1. The first-order valence-electron chi connectivity index (χ1n) is 9.07. The van der Waals surface area contributed by atoms with E-state index in [1.54, 1.807) is 6.20 Å². The molecule has 3 heterocycles. The minimum absolute atomic E-state index is 0.380. The Labute approximate surface area is 162 Å². The zero-order valence-electron chi connectivity index (χ0n) is 15.5. The first-order valence-corrected chi connectivity index (χ1v) is 9.07. The summed E-state index contributed by atoms with van der Waals surface area (Å²) in [5.41, 5.74) is 5.84. The lowest BCUT2D eigenvalue weighted by molar-refractivity contribution is 0.956. The number of anilines is 1. The smallest absolute Gasteiger partial charge is 0.157 e. The minimum Gasteiger partial charge on any atom is -0.367 e. The second kappa shape index (κ2) is 7.38. The molecule has 0 aliphatic carbocycles. The number of pyridine rings is 2. The number of rotatable bonds is 5. The molecule has 0 fully saturated rings. The van der Waals surface area contributed by atoms with Gasteiger partial charge >= 0.3 is 0 Å². The largest absolute Gasteiger partial charge is 0.367 e. The van der Waals surface area contributed by atoms with Gasteiger partial charge in [0.1, 0.15) is 11.9 Å². The van der Waals surface area contributed by atoms with Crippen LogP contribution in [0.15, 0.2) is 48.8 Å². The Morgan fingerprint density at radius 2 is 2.00 bits per heavy atom. The van der Waals surface area contributed by atoms with Crippen molar-refractivity contribution >= 4 is 22.5 Å². The highest BCUT2D eigenvalue weighted by molar-refractivity contribution is 5.86. The van der Waals surface area contributed by atoms with E-state index in [0.29, 0.717) is 30.6 Å². The number of para-hydroxylation sites is 2. The molecule has 0 unspecified atom stereocenters. The van der Waals surface area contributed by atoms with Crippen LogP contribution in [-0.4, -0.2) is 14.4 Å². The summed E-state index contributed by atoms with van der Waals surface area (Å²) in [7, 11) is 0. The molecule has 6 nitrogen and oxygen atoms in total. The van der Waals surface area contributed by atoms with Crippen LogP contribution < -0.4 is 5.32 Å².